The van der Waals surface area contributed by atoms with E-state index in [-0.39, 0.29) is 24.2 Å². The highest BCUT2D eigenvalue weighted by atomic mass is 19.1. The molecule has 3 rings (SSSR count). The van der Waals surface area contributed by atoms with E-state index in [9.17, 15) is 9.18 Å². The molecule has 3 aromatic rings. The van der Waals surface area contributed by atoms with Crippen LogP contribution in [0.2, 0.25) is 0 Å². The number of methoxy groups -OCH3 is 1. The fourth-order valence-electron chi connectivity index (χ4n) is 2.60. The van der Waals surface area contributed by atoms with Gasteiger partial charge in [0.1, 0.15) is 11.6 Å². The molecule has 27 heavy (non-hydrogen) atoms. The van der Waals surface area contributed by atoms with Crippen LogP contribution in [-0.4, -0.2) is 23.2 Å². The molecule has 1 N–H and O–H groups in total. The van der Waals surface area contributed by atoms with Crippen LogP contribution in [0.25, 0.3) is 11.4 Å². The first-order chi connectivity index (χ1) is 13.0. The molecule has 1 atom stereocenters. The molecule has 1 heterocycles. The number of aromatic nitrogens is 2. The zero-order valence-electron chi connectivity index (χ0n) is 15.1. The minimum absolute atomic E-state index is 0.145. The first-order valence-corrected chi connectivity index (χ1v) is 8.57. The van der Waals surface area contributed by atoms with E-state index in [4.69, 9.17) is 9.26 Å². The predicted octanol–water partition coefficient (Wildman–Crippen LogP) is 3.69. The molecule has 7 heteroatoms. The molecule has 0 radical (unpaired) electrons. The van der Waals surface area contributed by atoms with Crippen LogP contribution in [0.15, 0.2) is 53.1 Å². The van der Waals surface area contributed by atoms with Crippen LogP contribution in [0.5, 0.6) is 5.75 Å². The van der Waals surface area contributed by atoms with Gasteiger partial charge >= 0.3 is 0 Å². The van der Waals surface area contributed by atoms with Crippen molar-refractivity contribution in [2.24, 2.45) is 0 Å². The van der Waals surface area contributed by atoms with Crippen molar-refractivity contribution in [3.8, 4) is 17.1 Å². The maximum atomic E-state index is 13.0. The van der Waals surface area contributed by atoms with Gasteiger partial charge in [-0.15, -0.1) is 0 Å². The van der Waals surface area contributed by atoms with Crippen LogP contribution in [-0.2, 0) is 11.2 Å². The topological polar surface area (TPSA) is 77.2 Å². The molecule has 0 saturated heterocycles. The fourth-order valence-corrected chi connectivity index (χ4v) is 2.60. The molecule has 1 aromatic heterocycles. The molecule has 6 nitrogen and oxygen atoms in total. The van der Waals surface area contributed by atoms with Gasteiger partial charge in [-0.1, -0.05) is 29.4 Å². The van der Waals surface area contributed by atoms with Crippen LogP contribution in [0, 0.1) is 5.82 Å². The van der Waals surface area contributed by atoms with Gasteiger partial charge in [-0.25, -0.2) is 4.39 Å². The number of benzene rings is 2. The first-order valence-electron chi connectivity index (χ1n) is 8.57. The summed E-state index contributed by atoms with van der Waals surface area (Å²) >= 11 is 0. The second kappa shape index (κ2) is 8.44. The average molecular weight is 369 g/mol. The van der Waals surface area contributed by atoms with E-state index in [1.54, 1.807) is 19.2 Å². The Hall–Kier alpha value is -3.22. The van der Waals surface area contributed by atoms with Crippen molar-refractivity contribution in [2.45, 2.75) is 25.8 Å². The minimum atomic E-state index is -0.305. The highest BCUT2D eigenvalue weighted by molar-refractivity contribution is 5.76. The Bertz CT molecular complexity index is 909. The van der Waals surface area contributed by atoms with E-state index in [1.165, 1.54) is 12.1 Å². The summed E-state index contributed by atoms with van der Waals surface area (Å²) in [5.41, 5.74) is 1.61. The van der Waals surface area contributed by atoms with Crippen LogP contribution in [0.3, 0.4) is 0 Å². The summed E-state index contributed by atoms with van der Waals surface area (Å²) in [6.07, 6.45) is 0.546. The fraction of sp³-hybridized carbons (Fsp3) is 0.250. The third-order valence-electron chi connectivity index (χ3n) is 4.11. The highest BCUT2D eigenvalue weighted by Crippen LogP contribution is 2.21. The van der Waals surface area contributed by atoms with Gasteiger partial charge < -0.3 is 14.6 Å². The molecule has 1 unspecified atom stereocenters. The third-order valence-corrected chi connectivity index (χ3v) is 4.11. The Morgan fingerprint density at radius 2 is 2.04 bits per heavy atom. The number of amides is 1. The Morgan fingerprint density at radius 1 is 1.26 bits per heavy atom. The van der Waals surface area contributed by atoms with Crippen molar-refractivity contribution in [3.05, 3.63) is 65.8 Å². The van der Waals surface area contributed by atoms with Crippen LogP contribution < -0.4 is 10.1 Å². The Labute approximate surface area is 156 Å². The molecule has 0 saturated carbocycles. The number of halogens is 1. The maximum Gasteiger partial charge on any atom is 0.227 e. The monoisotopic (exact) mass is 369 g/mol. The number of rotatable bonds is 7. The molecule has 0 bridgehead atoms. The van der Waals surface area contributed by atoms with Crippen molar-refractivity contribution in [2.75, 3.05) is 7.11 Å². The zero-order valence-corrected chi connectivity index (χ0v) is 15.1. The van der Waals surface area contributed by atoms with Gasteiger partial charge in [-0.05, 0) is 36.8 Å². The number of ether oxygens (including phenoxy) is 1. The number of hydrogen-bond donors (Lipinski definition) is 1. The van der Waals surface area contributed by atoms with Crippen LogP contribution >= 0.6 is 0 Å². The van der Waals surface area contributed by atoms with E-state index in [0.29, 0.717) is 23.9 Å². The molecular weight excluding hydrogens is 349 g/mol. The van der Waals surface area contributed by atoms with Crippen LogP contribution in [0.4, 0.5) is 4.39 Å². The number of hydrogen-bond acceptors (Lipinski definition) is 5. The van der Waals surface area contributed by atoms with Crippen molar-refractivity contribution < 1.29 is 18.4 Å². The van der Waals surface area contributed by atoms with Gasteiger partial charge in [0, 0.05) is 18.4 Å². The van der Waals surface area contributed by atoms with E-state index in [2.05, 4.69) is 15.5 Å². The quantitative estimate of drug-likeness (QED) is 0.687. The van der Waals surface area contributed by atoms with Gasteiger partial charge in [0.2, 0.25) is 17.6 Å². The molecule has 2 aromatic carbocycles. The first kappa shape index (κ1) is 18.6. The van der Waals surface area contributed by atoms with Crippen molar-refractivity contribution >= 4 is 5.91 Å². The van der Waals surface area contributed by atoms with E-state index >= 15 is 0 Å². The minimum Gasteiger partial charge on any atom is -0.497 e. The Kier molecular flexibility index (Phi) is 5.80. The lowest BCUT2D eigenvalue weighted by Crippen LogP contribution is -2.26. The van der Waals surface area contributed by atoms with Gasteiger partial charge in [-0.3, -0.25) is 4.79 Å². The van der Waals surface area contributed by atoms with Crippen molar-refractivity contribution in [1.29, 1.82) is 0 Å². The summed E-state index contributed by atoms with van der Waals surface area (Å²) in [4.78, 5) is 16.5. The second-order valence-corrected chi connectivity index (χ2v) is 6.08. The number of nitrogens with zero attached hydrogens (tertiary/aromatic N) is 2. The van der Waals surface area contributed by atoms with Gasteiger partial charge in [0.25, 0.3) is 0 Å². The van der Waals surface area contributed by atoms with Crippen LogP contribution in [0.1, 0.15) is 30.8 Å². The standard InChI is InChI=1S/C20H20FN3O3/c1-13(14-6-8-16(21)9-7-14)22-18(25)10-11-19-23-20(24-27-19)15-4-3-5-17(12-15)26-2/h3-9,12-13H,10-11H2,1-2H3,(H,22,25). The lowest BCUT2D eigenvalue weighted by Gasteiger charge is -2.13. The molecular formula is C20H20FN3O3. The molecule has 0 aliphatic carbocycles. The number of aryl methyl sites for hydroxylation is 1. The molecule has 0 fully saturated rings. The SMILES string of the molecule is COc1cccc(-c2noc(CCC(=O)NC(C)c3ccc(F)cc3)n2)c1. The summed E-state index contributed by atoms with van der Waals surface area (Å²) in [7, 11) is 1.59. The number of carbonyl (C=O) groups excluding carboxylic acids is 1. The van der Waals surface area contributed by atoms with Gasteiger partial charge in [-0.2, -0.15) is 4.98 Å². The van der Waals surface area contributed by atoms with E-state index < -0.39 is 0 Å². The maximum absolute atomic E-state index is 13.0. The predicted molar refractivity (Wildman–Crippen MR) is 97.6 cm³/mol. The highest BCUT2D eigenvalue weighted by Gasteiger charge is 2.13. The second-order valence-electron chi connectivity index (χ2n) is 6.08. The molecule has 140 valence electrons. The van der Waals surface area contributed by atoms with Gasteiger partial charge in [0.05, 0.1) is 13.2 Å². The summed E-state index contributed by atoms with van der Waals surface area (Å²) in [6.45, 7) is 1.85. The average Bonchev–Trinajstić information content (AvgIpc) is 3.16. The van der Waals surface area contributed by atoms with E-state index in [1.807, 2.05) is 31.2 Å². The molecule has 0 spiro atoms. The lowest BCUT2D eigenvalue weighted by molar-refractivity contribution is -0.121. The smallest absolute Gasteiger partial charge is 0.227 e. The summed E-state index contributed by atoms with van der Waals surface area (Å²) in [5.74, 6) is 1.09. The largest absolute Gasteiger partial charge is 0.497 e. The molecule has 1 amide bonds. The Balaban J connectivity index is 1.54. The number of nitrogens with one attached hydrogen (secondary N) is 1. The zero-order chi connectivity index (χ0) is 19.2. The normalized spacial score (nSPS) is 11.8. The van der Waals surface area contributed by atoms with E-state index in [0.717, 1.165) is 11.1 Å². The Morgan fingerprint density at radius 3 is 2.78 bits per heavy atom. The van der Waals surface area contributed by atoms with Crippen molar-refractivity contribution in [1.82, 2.24) is 15.5 Å². The lowest BCUT2D eigenvalue weighted by atomic mass is 10.1. The molecule has 0 aliphatic heterocycles. The van der Waals surface area contributed by atoms with Crippen molar-refractivity contribution in [3.63, 3.8) is 0 Å². The summed E-state index contributed by atoms with van der Waals surface area (Å²) in [5, 5.41) is 6.82. The summed E-state index contributed by atoms with van der Waals surface area (Å²) < 4.78 is 23.4. The number of carbonyl (C=O) groups is 1. The van der Waals surface area contributed by atoms with Gasteiger partial charge in [0.15, 0.2) is 0 Å². The summed E-state index contributed by atoms with van der Waals surface area (Å²) in [6, 6.07) is 13.2. The molecule has 0 aliphatic rings. The third kappa shape index (κ3) is 4.91.